The van der Waals surface area contributed by atoms with Crippen LogP contribution in [0.2, 0.25) is 0 Å². The Hall–Kier alpha value is -0.620. The van der Waals surface area contributed by atoms with Crippen molar-refractivity contribution >= 4 is 16.8 Å². The number of nitrogens with zero attached hydrogens (tertiary/aromatic N) is 2. The molecular weight excluding hydrogens is 356 g/mol. The van der Waals surface area contributed by atoms with E-state index in [0.717, 1.165) is 50.5 Å². The molecule has 1 heterocycles. The third-order valence-electron chi connectivity index (χ3n) is 5.78. The number of hydrogen-bond acceptors (Lipinski definition) is 3. The molecule has 1 aliphatic heterocycles. The number of rotatable bonds is 8. The second kappa shape index (κ2) is 12.1. The van der Waals surface area contributed by atoms with E-state index in [0.29, 0.717) is 23.3 Å². The highest BCUT2D eigenvalue weighted by Crippen LogP contribution is 2.23. The highest BCUT2D eigenvalue weighted by Gasteiger charge is 2.26. The molecular formula is C21H42N4OS. The van der Waals surface area contributed by atoms with Crippen LogP contribution in [-0.2, 0) is 10.8 Å². The van der Waals surface area contributed by atoms with Gasteiger partial charge in [-0.15, -0.1) is 0 Å². The zero-order chi connectivity index (χ0) is 19.6. The van der Waals surface area contributed by atoms with Gasteiger partial charge in [-0.2, -0.15) is 0 Å². The molecule has 5 nitrogen and oxygen atoms in total. The van der Waals surface area contributed by atoms with E-state index in [4.69, 9.17) is 4.99 Å². The Morgan fingerprint density at radius 2 is 2.00 bits per heavy atom. The molecule has 2 fully saturated rings. The Morgan fingerprint density at radius 3 is 2.70 bits per heavy atom. The first-order chi connectivity index (χ1) is 13.0. The van der Waals surface area contributed by atoms with Gasteiger partial charge in [0.25, 0.3) is 0 Å². The van der Waals surface area contributed by atoms with Gasteiger partial charge in [0.05, 0.1) is 6.54 Å². The molecule has 0 aromatic heterocycles. The van der Waals surface area contributed by atoms with Gasteiger partial charge in [0.1, 0.15) is 0 Å². The molecule has 1 saturated carbocycles. The minimum atomic E-state index is -0.678. The Balaban J connectivity index is 1.93. The van der Waals surface area contributed by atoms with E-state index in [9.17, 15) is 4.21 Å². The Labute approximate surface area is 169 Å². The third kappa shape index (κ3) is 7.72. The second-order valence-electron chi connectivity index (χ2n) is 8.56. The van der Waals surface area contributed by atoms with Crippen molar-refractivity contribution in [3.05, 3.63) is 0 Å². The Morgan fingerprint density at radius 1 is 1.19 bits per heavy atom. The van der Waals surface area contributed by atoms with Gasteiger partial charge in [-0.05, 0) is 51.5 Å². The van der Waals surface area contributed by atoms with Gasteiger partial charge in [0.2, 0.25) is 0 Å². The van der Waals surface area contributed by atoms with Crippen LogP contribution < -0.4 is 10.6 Å². The van der Waals surface area contributed by atoms with Gasteiger partial charge in [-0.1, -0.05) is 33.6 Å². The molecule has 0 bridgehead atoms. The first-order valence-electron chi connectivity index (χ1n) is 11.2. The molecule has 27 heavy (non-hydrogen) atoms. The van der Waals surface area contributed by atoms with Crippen LogP contribution >= 0.6 is 0 Å². The summed E-state index contributed by atoms with van der Waals surface area (Å²) in [6.45, 7) is 12.9. The monoisotopic (exact) mass is 398 g/mol. The summed E-state index contributed by atoms with van der Waals surface area (Å²) < 4.78 is 12.2. The van der Waals surface area contributed by atoms with Crippen molar-refractivity contribution in [2.75, 3.05) is 31.9 Å². The molecule has 4 atom stereocenters. The van der Waals surface area contributed by atoms with Gasteiger partial charge < -0.3 is 10.6 Å². The van der Waals surface area contributed by atoms with E-state index < -0.39 is 10.8 Å². The molecule has 0 aromatic carbocycles. The van der Waals surface area contributed by atoms with Crippen molar-refractivity contribution in [3.8, 4) is 0 Å². The van der Waals surface area contributed by atoms with Gasteiger partial charge in [-0.25, -0.2) is 0 Å². The topological polar surface area (TPSA) is 56.7 Å². The zero-order valence-corrected chi connectivity index (χ0v) is 18.8. The molecule has 2 N–H and O–H groups in total. The fourth-order valence-electron chi connectivity index (χ4n) is 4.44. The van der Waals surface area contributed by atoms with Gasteiger partial charge in [0, 0.05) is 47.0 Å². The summed E-state index contributed by atoms with van der Waals surface area (Å²) in [6.07, 6.45) is 8.35. The van der Waals surface area contributed by atoms with Crippen LogP contribution in [0.1, 0.15) is 72.6 Å². The zero-order valence-electron chi connectivity index (χ0n) is 18.0. The van der Waals surface area contributed by atoms with Crippen LogP contribution in [0, 0.1) is 5.92 Å². The number of aliphatic imine (C=N–C) groups is 1. The lowest BCUT2D eigenvalue weighted by Crippen LogP contribution is -2.48. The fraction of sp³-hybridized carbons (Fsp3) is 0.952. The van der Waals surface area contributed by atoms with Gasteiger partial charge >= 0.3 is 0 Å². The second-order valence-corrected chi connectivity index (χ2v) is 10.6. The molecule has 0 aromatic rings. The average Bonchev–Trinajstić information content (AvgIpc) is 2.66. The van der Waals surface area contributed by atoms with E-state index in [1.807, 2.05) is 6.92 Å². The highest BCUT2D eigenvalue weighted by atomic mass is 32.2. The highest BCUT2D eigenvalue weighted by molar-refractivity contribution is 7.85. The lowest BCUT2D eigenvalue weighted by molar-refractivity contribution is 0.137. The fourth-order valence-corrected chi connectivity index (χ4v) is 5.78. The molecule has 1 aliphatic carbocycles. The Bertz CT molecular complexity index is 483. The summed E-state index contributed by atoms with van der Waals surface area (Å²) in [7, 11) is -0.678. The van der Waals surface area contributed by atoms with Crippen LogP contribution in [0.3, 0.4) is 0 Å². The molecule has 4 unspecified atom stereocenters. The van der Waals surface area contributed by atoms with E-state index >= 15 is 0 Å². The summed E-state index contributed by atoms with van der Waals surface area (Å²) in [5, 5.41) is 7.43. The minimum absolute atomic E-state index is 0.351. The first-order valence-corrected chi connectivity index (χ1v) is 12.6. The summed E-state index contributed by atoms with van der Waals surface area (Å²) in [5.74, 6) is 2.43. The molecule has 1 saturated heterocycles. The van der Waals surface area contributed by atoms with E-state index in [1.54, 1.807) is 0 Å². The quantitative estimate of drug-likeness (QED) is 0.487. The largest absolute Gasteiger partial charge is 0.357 e. The van der Waals surface area contributed by atoms with Crippen LogP contribution in [0.25, 0.3) is 0 Å². The van der Waals surface area contributed by atoms with Gasteiger partial charge in [0.15, 0.2) is 5.96 Å². The summed E-state index contributed by atoms with van der Waals surface area (Å²) in [5.41, 5.74) is 0. The number of nitrogens with one attached hydrogen (secondary N) is 2. The van der Waals surface area contributed by atoms with Crippen molar-refractivity contribution in [3.63, 3.8) is 0 Å². The summed E-state index contributed by atoms with van der Waals surface area (Å²) in [4.78, 5) is 7.60. The van der Waals surface area contributed by atoms with Crippen LogP contribution in [0.5, 0.6) is 0 Å². The van der Waals surface area contributed by atoms with E-state index in [2.05, 4.69) is 36.3 Å². The van der Waals surface area contributed by atoms with E-state index in [-0.39, 0.29) is 0 Å². The molecule has 0 radical (unpaired) electrons. The van der Waals surface area contributed by atoms with Crippen LogP contribution in [-0.4, -0.2) is 64.3 Å². The van der Waals surface area contributed by atoms with Crippen molar-refractivity contribution in [2.24, 2.45) is 10.9 Å². The normalized spacial score (nSPS) is 28.9. The molecule has 0 amide bonds. The molecule has 2 aliphatic rings. The van der Waals surface area contributed by atoms with Crippen molar-refractivity contribution in [1.82, 2.24) is 15.5 Å². The lowest BCUT2D eigenvalue weighted by atomic mass is 9.95. The number of hydrogen-bond donors (Lipinski definition) is 2. The third-order valence-corrected chi connectivity index (χ3v) is 7.52. The molecule has 2 rings (SSSR count). The average molecular weight is 399 g/mol. The standard InChI is InChI=1S/C21H42N4OS/c1-5-22-21(24-18-10-9-12-20(14-18)27(26)6-2)23-15-19-11-7-8-13-25(19)16-17(3)4/h17-20H,5-16H2,1-4H3,(H2,22,23,24). The van der Waals surface area contributed by atoms with E-state index in [1.165, 1.54) is 32.4 Å². The number of piperidine rings is 1. The SMILES string of the molecule is CCNC(=NCC1CCCCN1CC(C)C)NC1CCCC(S(=O)CC)C1. The number of likely N-dealkylation sites (tertiary alicyclic amines) is 1. The Kier molecular flexibility index (Phi) is 10.1. The predicted octanol–water partition coefficient (Wildman–Crippen LogP) is 3.13. The number of guanidine groups is 1. The maximum absolute atomic E-state index is 12.2. The van der Waals surface area contributed by atoms with Gasteiger partial charge in [-0.3, -0.25) is 14.1 Å². The maximum atomic E-state index is 12.2. The van der Waals surface area contributed by atoms with Crippen LogP contribution in [0.4, 0.5) is 0 Å². The van der Waals surface area contributed by atoms with Crippen molar-refractivity contribution < 1.29 is 4.21 Å². The predicted molar refractivity (Wildman–Crippen MR) is 118 cm³/mol. The maximum Gasteiger partial charge on any atom is 0.191 e. The smallest absolute Gasteiger partial charge is 0.191 e. The molecule has 158 valence electrons. The first kappa shape index (κ1) is 22.7. The summed E-state index contributed by atoms with van der Waals surface area (Å²) >= 11 is 0. The minimum Gasteiger partial charge on any atom is -0.357 e. The summed E-state index contributed by atoms with van der Waals surface area (Å²) in [6, 6.07) is 0.971. The van der Waals surface area contributed by atoms with Crippen molar-refractivity contribution in [1.29, 1.82) is 0 Å². The molecule has 0 spiro atoms. The van der Waals surface area contributed by atoms with Crippen molar-refractivity contribution in [2.45, 2.75) is 90.0 Å². The molecule has 6 heteroatoms. The van der Waals surface area contributed by atoms with Crippen LogP contribution in [0.15, 0.2) is 4.99 Å². The lowest BCUT2D eigenvalue weighted by Gasteiger charge is -2.36.